The van der Waals surface area contributed by atoms with E-state index in [-0.39, 0.29) is 69.8 Å². The van der Waals surface area contributed by atoms with Gasteiger partial charge in [0.25, 0.3) is 5.91 Å². The fourth-order valence-corrected chi connectivity index (χ4v) is 4.55. The van der Waals surface area contributed by atoms with Gasteiger partial charge in [0.05, 0.1) is 6.61 Å². The number of amides is 3. The van der Waals surface area contributed by atoms with Crippen molar-refractivity contribution in [2.45, 2.75) is 65.5 Å². The summed E-state index contributed by atoms with van der Waals surface area (Å²) in [4.78, 5) is 64.1. The number of ether oxygens (including phenoxy) is 2. The number of piperazine rings is 1. The smallest absolute Gasteiger partial charge is 0.409 e. The zero-order valence-electron chi connectivity index (χ0n) is 25.7. The zero-order chi connectivity index (χ0) is 31.6. The highest BCUT2D eigenvalue weighted by molar-refractivity contribution is 5.96. The van der Waals surface area contributed by atoms with Crippen LogP contribution in [0.1, 0.15) is 63.6 Å². The molecule has 1 aromatic heterocycles. The van der Waals surface area contributed by atoms with Gasteiger partial charge in [0.2, 0.25) is 5.91 Å². The molecule has 12 nitrogen and oxygen atoms in total. The number of nitrogens with zero attached hydrogens (tertiary/aromatic N) is 4. The maximum Gasteiger partial charge on any atom is 0.409 e. The quantitative estimate of drug-likeness (QED) is 0.373. The highest BCUT2D eigenvalue weighted by atomic mass is 16.6. The topological polar surface area (TPSA) is 151 Å². The second-order valence-corrected chi connectivity index (χ2v) is 11.6. The number of rotatable bonds is 11. The molecule has 2 aromatic rings. The molecule has 0 saturated carbocycles. The first-order valence-electron chi connectivity index (χ1n) is 14.7. The second-order valence-electron chi connectivity index (χ2n) is 11.6. The lowest BCUT2D eigenvalue weighted by molar-refractivity contribution is -0.155. The summed E-state index contributed by atoms with van der Waals surface area (Å²) in [5.41, 5.74) is 0.663. The van der Waals surface area contributed by atoms with Crippen LogP contribution < -0.4 is 5.32 Å². The maximum absolute atomic E-state index is 13.7. The van der Waals surface area contributed by atoms with Crippen LogP contribution in [0.25, 0.3) is 11.4 Å². The first-order chi connectivity index (χ1) is 20.4. The van der Waals surface area contributed by atoms with Crippen LogP contribution in [0.2, 0.25) is 0 Å². The van der Waals surface area contributed by atoms with Gasteiger partial charge in [-0.25, -0.2) is 14.8 Å². The van der Waals surface area contributed by atoms with E-state index in [4.69, 9.17) is 9.47 Å². The van der Waals surface area contributed by atoms with Crippen LogP contribution >= 0.6 is 0 Å². The van der Waals surface area contributed by atoms with E-state index in [0.29, 0.717) is 23.5 Å². The number of aliphatic hydroxyl groups is 1. The molecule has 3 rings (SSSR count). The summed E-state index contributed by atoms with van der Waals surface area (Å²) >= 11 is 0. The molecule has 234 valence electrons. The molecule has 1 saturated heterocycles. The predicted octanol–water partition coefficient (Wildman–Crippen LogP) is 2.84. The molecule has 12 heteroatoms. The Hall–Kier alpha value is -4.06. The fraction of sp³-hybridized carbons (Fsp3) is 0.548. The van der Waals surface area contributed by atoms with Crippen molar-refractivity contribution in [1.82, 2.24) is 25.1 Å². The van der Waals surface area contributed by atoms with Gasteiger partial charge >= 0.3 is 12.1 Å². The summed E-state index contributed by atoms with van der Waals surface area (Å²) in [7, 11) is 0. The van der Waals surface area contributed by atoms with Crippen molar-refractivity contribution in [2.75, 3.05) is 39.4 Å². The van der Waals surface area contributed by atoms with E-state index in [1.54, 1.807) is 38.7 Å². The monoisotopic (exact) mass is 597 g/mol. The van der Waals surface area contributed by atoms with Crippen LogP contribution in [0, 0.1) is 5.92 Å². The largest absolute Gasteiger partial charge is 0.460 e. The normalized spacial score (nSPS) is 14.9. The molecule has 1 aromatic carbocycles. The van der Waals surface area contributed by atoms with Crippen molar-refractivity contribution in [3.8, 4) is 11.4 Å². The number of carbonyl (C=O) groups excluding carboxylic acids is 4. The Morgan fingerprint density at radius 2 is 1.67 bits per heavy atom. The first-order valence-corrected chi connectivity index (χ1v) is 14.7. The summed E-state index contributed by atoms with van der Waals surface area (Å²) in [6.45, 7) is 10.2. The van der Waals surface area contributed by atoms with Crippen LogP contribution in [0.15, 0.2) is 36.4 Å². The van der Waals surface area contributed by atoms with Crippen molar-refractivity contribution in [3.63, 3.8) is 0 Å². The molecule has 2 heterocycles. The van der Waals surface area contributed by atoms with E-state index < -0.39 is 29.6 Å². The molecular weight excluding hydrogens is 554 g/mol. The molecule has 2 N–H and O–H groups in total. The van der Waals surface area contributed by atoms with E-state index in [9.17, 15) is 24.3 Å². The minimum absolute atomic E-state index is 0.0165. The molecule has 0 spiro atoms. The Morgan fingerprint density at radius 1 is 1.02 bits per heavy atom. The highest BCUT2D eigenvalue weighted by Gasteiger charge is 2.32. The maximum atomic E-state index is 13.7. The molecule has 3 amide bonds. The Labute approximate surface area is 252 Å². The average Bonchev–Trinajstić information content (AvgIpc) is 2.98. The summed E-state index contributed by atoms with van der Waals surface area (Å²) < 4.78 is 10.5. The number of carbonyl (C=O) groups is 4. The molecular formula is C31H43N5O7. The summed E-state index contributed by atoms with van der Waals surface area (Å²) in [5, 5.41) is 12.4. The van der Waals surface area contributed by atoms with Crippen LogP contribution in [0.5, 0.6) is 0 Å². The van der Waals surface area contributed by atoms with Crippen LogP contribution in [0.4, 0.5) is 4.79 Å². The van der Waals surface area contributed by atoms with E-state index in [2.05, 4.69) is 15.3 Å². The Balaban J connectivity index is 1.84. The molecule has 0 aliphatic carbocycles. The van der Waals surface area contributed by atoms with Gasteiger partial charge < -0.3 is 29.7 Å². The number of hydrogen-bond donors (Lipinski definition) is 2. The third-order valence-corrected chi connectivity index (χ3v) is 6.69. The van der Waals surface area contributed by atoms with Crippen molar-refractivity contribution < 1.29 is 33.8 Å². The second kappa shape index (κ2) is 15.4. The van der Waals surface area contributed by atoms with Crippen LogP contribution in [-0.4, -0.2) is 99.8 Å². The Kier molecular flexibility index (Phi) is 12.0. The molecule has 2 atom stereocenters. The van der Waals surface area contributed by atoms with Gasteiger partial charge in [0.15, 0.2) is 5.82 Å². The number of aliphatic hydroxyl groups excluding tert-OH is 1. The third kappa shape index (κ3) is 10.3. The molecule has 0 radical (unpaired) electrons. The molecule has 43 heavy (non-hydrogen) atoms. The highest BCUT2D eigenvalue weighted by Crippen LogP contribution is 2.19. The average molecular weight is 598 g/mol. The number of aromatic nitrogens is 2. The van der Waals surface area contributed by atoms with E-state index in [0.717, 1.165) is 0 Å². The van der Waals surface area contributed by atoms with Crippen molar-refractivity contribution >= 4 is 23.9 Å². The van der Waals surface area contributed by atoms with Gasteiger partial charge in [-0.2, -0.15) is 0 Å². The van der Waals surface area contributed by atoms with Crippen LogP contribution in [-0.2, 0) is 25.5 Å². The number of nitrogens with one attached hydrogen (secondary N) is 1. The lowest BCUT2D eigenvalue weighted by atomic mass is 10.0. The van der Waals surface area contributed by atoms with E-state index >= 15 is 0 Å². The van der Waals surface area contributed by atoms with E-state index in [1.807, 2.05) is 37.3 Å². The molecule has 1 aliphatic rings. The summed E-state index contributed by atoms with van der Waals surface area (Å²) in [6, 6.07) is 9.73. The Morgan fingerprint density at radius 3 is 2.28 bits per heavy atom. The van der Waals surface area contributed by atoms with Gasteiger partial charge in [-0.3, -0.25) is 14.4 Å². The standard InChI is InChI=1S/C31H43N5O7/c1-6-42-30(41)36-16-14-35(15-17-36)29(40)24(12-13-26(38)43-31(3,4)5)34-28(39)25-19-23(18-21(2)20-37)32-27(33-25)22-10-8-7-9-11-22/h7-11,19,21,24,37H,6,12-18,20H2,1-5H3,(H,34,39)/t21?,24-/m0/s1. The molecule has 1 aliphatic heterocycles. The summed E-state index contributed by atoms with van der Waals surface area (Å²) in [5.74, 6) is -1.19. The lowest BCUT2D eigenvalue weighted by Gasteiger charge is -2.36. The zero-order valence-corrected chi connectivity index (χ0v) is 25.7. The minimum atomic E-state index is -1.04. The Bertz CT molecular complexity index is 1260. The third-order valence-electron chi connectivity index (χ3n) is 6.69. The van der Waals surface area contributed by atoms with Gasteiger partial charge in [0, 0.05) is 50.5 Å². The summed E-state index contributed by atoms with van der Waals surface area (Å²) in [6.07, 6.45) is -0.0867. The minimum Gasteiger partial charge on any atom is -0.460 e. The fourth-order valence-electron chi connectivity index (χ4n) is 4.55. The van der Waals surface area contributed by atoms with Gasteiger partial charge in [0.1, 0.15) is 17.3 Å². The number of hydrogen-bond acceptors (Lipinski definition) is 9. The van der Waals surface area contributed by atoms with Gasteiger partial charge in [-0.05, 0) is 52.5 Å². The molecule has 1 unspecified atom stereocenters. The van der Waals surface area contributed by atoms with Crippen molar-refractivity contribution in [3.05, 3.63) is 47.8 Å². The van der Waals surface area contributed by atoms with Crippen molar-refractivity contribution in [1.29, 1.82) is 0 Å². The SMILES string of the molecule is CCOC(=O)N1CCN(C(=O)[C@H](CCC(=O)OC(C)(C)C)NC(=O)c2cc(CC(C)CO)nc(-c3ccccc3)n2)CC1. The lowest BCUT2D eigenvalue weighted by Crippen LogP contribution is -2.56. The number of benzene rings is 1. The first kappa shape index (κ1) is 33.4. The predicted molar refractivity (Wildman–Crippen MR) is 159 cm³/mol. The number of esters is 1. The molecule has 1 fully saturated rings. The van der Waals surface area contributed by atoms with Crippen molar-refractivity contribution in [2.24, 2.45) is 5.92 Å². The van der Waals surface area contributed by atoms with E-state index in [1.165, 1.54) is 4.90 Å². The molecule has 0 bridgehead atoms. The van der Waals surface area contributed by atoms with Crippen LogP contribution in [0.3, 0.4) is 0 Å². The van der Waals surface area contributed by atoms with Gasteiger partial charge in [-0.1, -0.05) is 37.3 Å². The van der Waals surface area contributed by atoms with Gasteiger partial charge in [-0.15, -0.1) is 0 Å².